The molecule has 2 N–H and O–H groups in total. The lowest BCUT2D eigenvalue weighted by atomic mass is 10.1. The number of hydrogen-bond acceptors (Lipinski definition) is 3. The summed E-state index contributed by atoms with van der Waals surface area (Å²) in [6, 6.07) is 2.19. The minimum absolute atomic E-state index is 0.0832. The van der Waals surface area contributed by atoms with Crippen LogP contribution in [0, 0.1) is 23.2 Å². The van der Waals surface area contributed by atoms with Crippen molar-refractivity contribution in [1.82, 2.24) is 5.32 Å². The zero-order valence-corrected chi connectivity index (χ0v) is 8.16. The van der Waals surface area contributed by atoms with E-state index in [4.69, 9.17) is 5.26 Å². The van der Waals surface area contributed by atoms with Gasteiger partial charge in [0.2, 0.25) is 0 Å². The number of nitrogens with zero attached hydrogens (tertiary/aromatic N) is 1. The fraction of sp³-hybridized carbons (Fsp3) is 0.900. The molecule has 13 heavy (non-hydrogen) atoms. The first-order valence-corrected chi connectivity index (χ1v) is 5.00. The van der Waals surface area contributed by atoms with Crippen LogP contribution in [0.3, 0.4) is 0 Å². The SMILES string of the molecule is CC(C#N)CNCC1CCC(O)C1. The molecule has 74 valence electrons. The number of aliphatic hydroxyl groups excluding tert-OH is 1. The molecular formula is C10H18N2O. The monoisotopic (exact) mass is 182 g/mol. The van der Waals surface area contributed by atoms with Crippen molar-refractivity contribution in [1.29, 1.82) is 5.26 Å². The van der Waals surface area contributed by atoms with Crippen LogP contribution in [0.2, 0.25) is 0 Å². The number of nitrogens with one attached hydrogen (secondary N) is 1. The molecule has 1 aliphatic rings. The van der Waals surface area contributed by atoms with E-state index in [1.165, 1.54) is 0 Å². The molecule has 3 unspecified atom stereocenters. The average molecular weight is 182 g/mol. The van der Waals surface area contributed by atoms with Gasteiger partial charge in [0, 0.05) is 6.54 Å². The van der Waals surface area contributed by atoms with Crippen molar-refractivity contribution in [3.63, 3.8) is 0 Å². The Hall–Kier alpha value is -0.590. The van der Waals surface area contributed by atoms with Gasteiger partial charge in [-0.3, -0.25) is 0 Å². The van der Waals surface area contributed by atoms with Gasteiger partial charge in [0.05, 0.1) is 18.1 Å². The van der Waals surface area contributed by atoms with Gasteiger partial charge in [0.15, 0.2) is 0 Å². The van der Waals surface area contributed by atoms with E-state index < -0.39 is 0 Å². The standard InChI is InChI=1S/C10H18N2O/c1-8(5-11)6-12-7-9-2-3-10(13)4-9/h8-10,12-13H,2-4,6-7H2,1H3. The Morgan fingerprint density at radius 2 is 2.38 bits per heavy atom. The molecule has 0 aromatic rings. The van der Waals surface area contributed by atoms with Crippen molar-refractivity contribution in [3.8, 4) is 6.07 Å². The van der Waals surface area contributed by atoms with E-state index in [2.05, 4.69) is 11.4 Å². The lowest BCUT2D eigenvalue weighted by Gasteiger charge is -2.11. The van der Waals surface area contributed by atoms with Crippen molar-refractivity contribution < 1.29 is 5.11 Å². The van der Waals surface area contributed by atoms with E-state index in [9.17, 15) is 5.11 Å². The minimum atomic E-state index is -0.0832. The predicted octanol–water partition coefficient (Wildman–Crippen LogP) is 0.897. The predicted molar refractivity (Wildman–Crippen MR) is 51.0 cm³/mol. The molecule has 0 bridgehead atoms. The van der Waals surface area contributed by atoms with Gasteiger partial charge in [0.25, 0.3) is 0 Å². The Morgan fingerprint density at radius 3 is 2.92 bits per heavy atom. The molecule has 0 saturated heterocycles. The van der Waals surface area contributed by atoms with Crippen molar-refractivity contribution >= 4 is 0 Å². The van der Waals surface area contributed by atoms with Gasteiger partial charge in [-0.15, -0.1) is 0 Å². The van der Waals surface area contributed by atoms with Gasteiger partial charge in [-0.05, 0) is 38.6 Å². The highest BCUT2D eigenvalue weighted by atomic mass is 16.3. The van der Waals surface area contributed by atoms with Crippen molar-refractivity contribution in [2.75, 3.05) is 13.1 Å². The molecule has 1 fully saturated rings. The second-order valence-electron chi connectivity index (χ2n) is 4.02. The Morgan fingerprint density at radius 1 is 1.62 bits per heavy atom. The Bertz CT molecular complexity index is 188. The van der Waals surface area contributed by atoms with Crippen LogP contribution in [0.5, 0.6) is 0 Å². The van der Waals surface area contributed by atoms with Crippen LogP contribution < -0.4 is 5.32 Å². The van der Waals surface area contributed by atoms with Crippen molar-refractivity contribution in [3.05, 3.63) is 0 Å². The third-order valence-electron chi connectivity index (χ3n) is 2.62. The number of nitriles is 1. The van der Waals surface area contributed by atoms with E-state index in [-0.39, 0.29) is 12.0 Å². The largest absolute Gasteiger partial charge is 0.393 e. The number of aliphatic hydroxyl groups is 1. The van der Waals surface area contributed by atoms with Crippen LogP contribution in [-0.4, -0.2) is 24.3 Å². The highest BCUT2D eigenvalue weighted by molar-refractivity contribution is 4.81. The van der Waals surface area contributed by atoms with E-state index in [0.29, 0.717) is 5.92 Å². The van der Waals surface area contributed by atoms with E-state index in [1.54, 1.807) is 0 Å². The molecule has 0 amide bonds. The Balaban J connectivity index is 2.04. The molecule has 0 aromatic heterocycles. The van der Waals surface area contributed by atoms with Gasteiger partial charge in [0.1, 0.15) is 0 Å². The molecule has 0 aromatic carbocycles. The Kier molecular flexibility index (Phi) is 4.20. The molecule has 0 radical (unpaired) electrons. The van der Waals surface area contributed by atoms with Crippen LogP contribution in [0.4, 0.5) is 0 Å². The summed E-state index contributed by atoms with van der Waals surface area (Å²) in [6.45, 7) is 3.63. The molecule has 3 nitrogen and oxygen atoms in total. The first kappa shape index (κ1) is 10.5. The number of hydrogen-bond donors (Lipinski definition) is 2. The van der Waals surface area contributed by atoms with Crippen LogP contribution in [0.1, 0.15) is 26.2 Å². The quantitative estimate of drug-likeness (QED) is 0.679. The van der Waals surface area contributed by atoms with Gasteiger partial charge in [-0.2, -0.15) is 5.26 Å². The molecule has 1 aliphatic carbocycles. The molecular weight excluding hydrogens is 164 g/mol. The highest BCUT2D eigenvalue weighted by Gasteiger charge is 2.22. The summed E-state index contributed by atoms with van der Waals surface area (Å²) in [7, 11) is 0. The summed E-state index contributed by atoms with van der Waals surface area (Å²) in [4.78, 5) is 0. The van der Waals surface area contributed by atoms with Gasteiger partial charge in [-0.25, -0.2) is 0 Å². The number of rotatable bonds is 4. The van der Waals surface area contributed by atoms with Gasteiger partial charge < -0.3 is 10.4 Å². The fourth-order valence-electron chi connectivity index (χ4n) is 1.78. The molecule has 0 spiro atoms. The van der Waals surface area contributed by atoms with Gasteiger partial charge in [-0.1, -0.05) is 0 Å². The third kappa shape index (κ3) is 3.75. The molecule has 3 heteroatoms. The first-order valence-electron chi connectivity index (χ1n) is 5.00. The molecule has 0 heterocycles. The second kappa shape index (κ2) is 5.21. The maximum Gasteiger partial charge on any atom is 0.0666 e. The smallest absolute Gasteiger partial charge is 0.0666 e. The summed E-state index contributed by atoms with van der Waals surface area (Å²) < 4.78 is 0. The lowest BCUT2D eigenvalue weighted by molar-refractivity contribution is 0.177. The summed E-state index contributed by atoms with van der Waals surface area (Å²) >= 11 is 0. The molecule has 1 saturated carbocycles. The lowest BCUT2D eigenvalue weighted by Crippen LogP contribution is -2.26. The topological polar surface area (TPSA) is 56.0 Å². The van der Waals surface area contributed by atoms with E-state index in [0.717, 1.165) is 32.4 Å². The van der Waals surface area contributed by atoms with Gasteiger partial charge >= 0.3 is 0 Å². The second-order valence-corrected chi connectivity index (χ2v) is 4.02. The van der Waals surface area contributed by atoms with Crippen LogP contribution in [0.25, 0.3) is 0 Å². The zero-order chi connectivity index (χ0) is 9.68. The molecule has 3 atom stereocenters. The summed E-state index contributed by atoms with van der Waals surface area (Å²) in [5.41, 5.74) is 0. The maximum atomic E-state index is 9.27. The molecule has 1 rings (SSSR count). The van der Waals surface area contributed by atoms with Crippen LogP contribution in [0.15, 0.2) is 0 Å². The van der Waals surface area contributed by atoms with E-state index in [1.807, 2.05) is 6.92 Å². The summed E-state index contributed by atoms with van der Waals surface area (Å²) in [5.74, 6) is 0.701. The van der Waals surface area contributed by atoms with Crippen molar-refractivity contribution in [2.24, 2.45) is 11.8 Å². The fourth-order valence-corrected chi connectivity index (χ4v) is 1.78. The summed E-state index contributed by atoms with van der Waals surface area (Å²) in [5, 5.41) is 21.1. The normalized spacial score (nSPS) is 29.9. The molecule has 0 aliphatic heterocycles. The summed E-state index contributed by atoms with van der Waals surface area (Å²) in [6.07, 6.45) is 2.91. The maximum absolute atomic E-state index is 9.27. The van der Waals surface area contributed by atoms with Crippen LogP contribution >= 0.6 is 0 Å². The van der Waals surface area contributed by atoms with E-state index >= 15 is 0 Å². The first-order chi connectivity index (χ1) is 6.22. The minimum Gasteiger partial charge on any atom is -0.393 e. The highest BCUT2D eigenvalue weighted by Crippen LogP contribution is 2.24. The average Bonchev–Trinajstić information content (AvgIpc) is 2.51. The Labute approximate surface area is 79.8 Å². The van der Waals surface area contributed by atoms with Crippen LogP contribution in [-0.2, 0) is 0 Å². The zero-order valence-electron chi connectivity index (χ0n) is 8.16. The third-order valence-corrected chi connectivity index (χ3v) is 2.62. The van der Waals surface area contributed by atoms with Crippen molar-refractivity contribution in [2.45, 2.75) is 32.3 Å².